The number of benzene rings is 1. The van der Waals surface area contributed by atoms with Gasteiger partial charge in [0.2, 0.25) is 0 Å². The van der Waals surface area contributed by atoms with Gasteiger partial charge in [-0.15, -0.1) is 49.6 Å². The van der Waals surface area contributed by atoms with Gasteiger partial charge in [0.05, 0.1) is 22.7 Å². The molecule has 0 atom stereocenters. The number of nitrogen functional groups attached to an aromatic ring is 4. The smallest absolute Gasteiger partial charge is 0.0570 e. The molecule has 9 heteroatoms. The summed E-state index contributed by atoms with van der Waals surface area (Å²) in [7, 11) is 0. The molecule has 0 bridgehead atoms. The van der Waals surface area contributed by atoms with Crippen molar-refractivity contribution >= 4 is 72.4 Å². The van der Waals surface area contributed by atoms with Crippen molar-refractivity contribution in [1.82, 2.24) is 0 Å². The van der Waals surface area contributed by atoms with Crippen molar-refractivity contribution in [1.29, 1.82) is 0 Å². The fourth-order valence-electron chi connectivity index (χ4n) is 0.668. The predicted octanol–water partition coefficient (Wildman–Crippen LogP) is 1.70. The van der Waals surface area contributed by atoms with Crippen molar-refractivity contribution in [3.8, 4) is 0 Å². The van der Waals surface area contributed by atoms with E-state index in [1.807, 2.05) is 0 Å². The van der Waals surface area contributed by atoms with Gasteiger partial charge in [0, 0.05) is 17.1 Å². The first-order valence-electron chi connectivity index (χ1n) is 2.81. The zero-order valence-corrected chi connectivity index (χ0v) is 11.6. The maximum atomic E-state index is 5.43. The Morgan fingerprint density at radius 2 is 0.667 bits per heavy atom. The van der Waals surface area contributed by atoms with E-state index >= 15 is 0 Å². The van der Waals surface area contributed by atoms with E-state index in [0.717, 1.165) is 0 Å². The molecule has 15 heavy (non-hydrogen) atoms. The van der Waals surface area contributed by atoms with E-state index < -0.39 is 0 Å². The molecule has 0 spiro atoms. The Morgan fingerprint density at radius 3 is 0.800 bits per heavy atom. The van der Waals surface area contributed by atoms with Crippen LogP contribution in [0.1, 0.15) is 0 Å². The molecular weight excluding hydrogens is 333 g/mol. The zero-order chi connectivity index (χ0) is 7.72. The predicted molar refractivity (Wildman–Crippen MR) is 73.1 cm³/mol. The fraction of sp³-hybridized carbons (Fsp3) is 0. The number of hydrogen-bond acceptors (Lipinski definition) is 4. The maximum absolute atomic E-state index is 5.43. The Labute approximate surface area is 124 Å². The first kappa shape index (κ1) is 29.4. The van der Waals surface area contributed by atoms with E-state index in [0.29, 0.717) is 22.7 Å². The van der Waals surface area contributed by atoms with Crippen molar-refractivity contribution in [2.24, 2.45) is 0 Å². The summed E-state index contributed by atoms with van der Waals surface area (Å²) >= 11 is 0. The van der Waals surface area contributed by atoms with Crippen molar-refractivity contribution in [3.63, 3.8) is 0 Å². The van der Waals surface area contributed by atoms with Crippen molar-refractivity contribution < 1.29 is 17.1 Å². The molecule has 1 radical (unpaired) electrons. The number of nitrogens with two attached hydrogens (primary N) is 4. The first-order valence-corrected chi connectivity index (χ1v) is 2.81. The Balaban J connectivity index is -0.0000000667. The Kier molecular flexibility index (Phi) is 23.9. The summed E-state index contributed by atoms with van der Waals surface area (Å²) in [6.07, 6.45) is 0. The number of anilines is 4. The van der Waals surface area contributed by atoms with Gasteiger partial charge in [0.25, 0.3) is 0 Å². The second kappa shape index (κ2) is 12.2. The average molecular weight is 348 g/mol. The molecular formula is C6H14Cl4CuN4. The summed E-state index contributed by atoms with van der Waals surface area (Å²) < 4.78 is 0. The molecule has 0 amide bonds. The first-order chi connectivity index (χ1) is 4.61. The normalized spacial score (nSPS) is 6.40. The summed E-state index contributed by atoms with van der Waals surface area (Å²) in [5.41, 5.74) is 23.6. The van der Waals surface area contributed by atoms with Gasteiger partial charge in [-0.3, -0.25) is 0 Å². The Bertz CT molecular complexity index is 223. The molecule has 0 heterocycles. The number of hydrogen-bond donors (Lipinski definition) is 4. The van der Waals surface area contributed by atoms with E-state index in [1.54, 1.807) is 12.1 Å². The van der Waals surface area contributed by atoms with Crippen molar-refractivity contribution in [2.45, 2.75) is 0 Å². The molecule has 0 aliphatic carbocycles. The van der Waals surface area contributed by atoms with Crippen molar-refractivity contribution in [3.05, 3.63) is 12.1 Å². The summed E-state index contributed by atoms with van der Waals surface area (Å²) in [6, 6.07) is 3.09. The second-order valence-electron chi connectivity index (χ2n) is 2.11. The summed E-state index contributed by atoms with van der Waals surface area (Å²) in [5, 5.41) is 0. The van der Waals surface area contributed by atoms with Gasteiger partial charge in [-0.2, -0.15) is 0 Å². The van der Waals surface area contributed by atoms with Crippen LogP contribution in [0.25, 0.3) is 0 Å². The van der Waals surface area contributed by atoms with Gasteiger partial charge in [-0.1, -0.05) is 0 Å². The minimum atomic E-state index is 0. The molecule has 0 aromatic heterocycles. The van der Waals surface area contributed by atoms with Crippen LogP contribution in [0, 0.1) is 0 Å². The van der Waals surface area contributed by atoms with Crippen LogP contribution in [0.2, 0.25) is 0 Å². The largest absolute Gasteiger partial charge is 0.397 e. The monoisotopic (exact) mass is 345 g/mol. The molecule has 0 aliphatic heterocycles. The zero-order valence-electron chi connectivity index (χ0n) is 7.40. The van der Waals surface area contributed by atoms with Gasteiger partial charge >= 0.3 is 0 Å². The van der Waals surface area contributed by atoms with Crippen LogP contribution in [0.5, 0.6) is 0 Å². The molecule has 97 valence electrons. The Morgan fingerprint density at radius 1 is 0.533 bits per heavy atom. The van der Waals surface area contributed by atoms with Crippen LogP contribution in [-0.4, -0.2) is 0 Å². The third-order valence-corrected chi connectivity index (χ3v) is 1.29. The third-order valence-electron chi connectivity index (χ3n) is 1.29. The van der Waals surface area contributed by atoms with Crippen LogP contribution in [0.3, 0.4) is 0 Å². The van der Waals surface area contributed by atoms with E-state index in [9.17, 15) is 0 Å². The van der Waals surface area contributed by atoms with E-state index in [2.05, 4.69) is 0 Å². The van der Waals surface area contributed by atoms with Gasteiger partial charge in [-0.25, -0.2) is 0 Å². The molecule has 8 N–H and O–H groups in total. The standard InChI is InChI=1S/C6H10N4.4ClH.Cu/c7-3-1-4(8)6(10)2-5(3)9;;;;;/h1-2H,7-10H2;4*1H;. The van der Waals surface area contributed by atoms with E-state index in [4.69, 9.17) is 22.9 Å². The molecule has 0 saturated carbocycles. The minimum absolute atomic E-state index is 0. The van der Waals surface area contributed by atoms with E-state index in [1.165, 1.54) is 0 Å². The molecule has 1 rings (SSSR count). The summed E-state index contributed by atoms with van der Waals surface area (Å²) in [4.78, 5) is 0. The molecule has 0 saturated heterocycles. The van der Waals surface area contributed by atoms with Crippen LogP contribution in [0.4, 0.5) is 22.7 Å². The fourth-order valence-corrected chi connectivity index (χ4v) is 0.668. The molecule has 4 nitrogen and oxygen atoms in total. The molecule has 1 aromatic rings. The van der Waals surface area contributed by atoms with Gasteiger partial charge in [0.15, 0.2) is 0 Å². The second-order valence-corrected chi connectivity index (χ2v) is 2.11. The number of halogens is 4. The number of rotatable bonds is 0. The molecule has 0 fully saturated rings. The quantitative estimate of drug-likeness (QED) is 0.423. The Hall–Kier alpha value is 0.0995. The minimum Gasteiger partial charge on any atom is -0.397 e. The van der Waals surface area contributed by atoms with Crippen LogP contribution < -0.4 is 22.9 Å². The van der Waals surface area contributed by atoms with Gasteiger partial charge in [-0.05, 0) is 12.1 Å². The molecule has 0 unspecified atom stereocenters. The van der Waals surface area contributed by atoms with Crippen molar-refractivity contribution in [2.75, 3.05) is 22.9 Å². The van der Waals surface area contributed by atoms with Gasteiger partial charge < -0.3 is 22.9 Å². The van der Waals surface area contributed by atoms with Crippen LogP contribution in [-0.2, 0) is 17.1 Å². The topological polar surface area (TPSA) is 104 Å². The molecule has 1 aromatic carbocycles. The maximum Gasteiger partial charge on any atom is 0.0570 e. The average Bonchev–Trinajstić information content (AvgIpc) is 1.84. The van der Waals surface area contributed by atoms with Crippen LogP contribution >= 0.6 is 49.6 Å². The third kappa shape index (κ3) is 7.96. The summed E-state index contributed by atoms with van der Waals surface area (Å²) in [5.74, 6) is 0. The van der Waals surface area contributed by atoms with Gasteiger partial charge in [0.1, 0.15) is 0 Å². The molecule has 0 aliphatic rings. The van der Waals surface area contributed by atoms with Crippen LogP contribution in [0.15, 0.2) is 12.1 Å². The van der Waals surface area contributed by atoms with E-state index in [-0.39, 0.29) is 66.7 Å². The SMILES string of the molecule is Cl.Cl.Cl.Cl.Nc1cc(N)c(N)cc1N.[Cu]. The summed E-state index contributed by atoms with van der Waals surface area (Å²) in [6.45, 7) is 0.